The monoisotopic (exact) mass is 399 g/mol. The predicted molar refractivity (Wildman–Crippen MR) is 124 cm³/mol. The Kier molecular flexibility index (Phi) is 5.23. The smallest absolute Gasteiger partial charge is 0.139 e. The number of imidazole rings is 1. The minimum atomic E-state index is 0.632. The summed E-state index contributed by atoms with van der Waals surface area (Å²) < 4.78 is 0. The second kappa shape index (κ2) is 8.17. The number of pyridine rings is 1. The van der Waals surface area contributed by atoms with Crippen LogP contribution in [0.4, 0.5) is 0 Å². The minimum Gasteiger partial charge on any atom is -0.338 e. The zero-order chi connectivity index (χ0) is 20.5. The van der Waals surface area contributed by atoms with Gasteiger partial charge in [0.15, 0.2) is 0 Å². The lowest BCUT2D eigenvalue weighted by Gasteiger charge is -2.32. The Morgan fingerprint density at radius 1 is 1.13 bits per heavy atom. The fraction of sp³-hybridized carbons (Fsp3) is 0.360. The fourth-order valence-electron chi connectivity index (χ4n) is 4.74. The van der Waals surface area contributed by atoms with Crippen molar-refractivity contribution in [2.75, 3.05) is 33.2 Å². The van der Waals surface area contributed by atoms with Crippen molar-refractivity contribution >= 4 is 21.9 Å². The van der Waals surface area contributed by atoms with Crippen LogP contribution in [-0.2, 0) is 0 Å². The van der Waals surface area contributed by atoms with E-state index < -0.39 is 0 Å². The number of para-hydroxylation sites is 1. The number of piperidine rings is 1. The van der Waals surface area contributed by atoms with Gasteiger partial charge in [0.05, 0.1) is 16.6 Å². The number of H-pyrrole nitrogens is 1. The van der Waals surface area contributed by atoms with Gasteiger partial charge in [0.1, 0.15) is 5.82 Å². The SMILES string of the molecule is CNCCN1CCC(c2cc(C)c3nc(-c4ccnc5ccccc45)[nH]c3c2)CC1. The van der Waals surface area contributed by atoms with Crippen LogP contribution in [0.3, 0.4) is 0 Å². The van der Waals surface area contributed by atoms with Gasteiger partial charge in [-0.25, -0.2) is 4.98 Å². The summed E-state index contributed by atoms with van der Waals surface area (Å²) in [5, 5.41) is 4.39. The zero-order valence-electron chi connectivity index (χ0n) is 17.8. The molecule has 1 aliphatic rings. The number of aromatic amines is 1. The van der Waals surface area contributed by atoms with Crippen molar-refractivity contribution in [1.82, 2.24) is 25.2 Å². The first-order valence-electron chi connectivity index (χ1n) is 10.9. The number of aryl methyl sites for hydroxylation is 1. The van der Waals surface area contributed by atoms with Gasteiger partial charge < -0.3 is 15.2 Å². The molecule has 2 aromatic heterocycles. The molecule has 5 heteroatoms. The number of rotatable bonds is 5. The maximum absolute atomic E-state index is 4.97. The Hall–Kier alpha value is -2.76. The molecule has 1 fully saturated rings. The molecule has 0 bridgehead atoms. The van der Waals surface area contributed by atoms with E-state index in [2.05, 4.69) is 57.4 Å². The molecule has 0 aliphatic carbocycles. The summed E-state index contributed by atoms with van der Waals surface area (Å²) in [5.74, 6) is 1.55. The highest BCUT2D eigenvalue weighted by atomic mass is 15.1. The Morgan fingerprint density at radius 2 is 1.97 bits per heavy atom. The summed E-state index contributed by atoms with van der Waals surface area (Å²) in [5.41, 5.74) is 7.01. The van der Waals surface area contributed by atoms with Crippen LogP contribution in [0.1, 0.15) is 29.9 Å². The standard InChI is InChI=1S/C25H29N5/c1-17-15-19(18-8-12-30(13-9-18)14-11-26-2)16-23-24(17)29-25(28-23)21-7-10-27-22-6-4-3-5-20(21)22/h3-7,10,15-16,18,26H,8-9,11-14H2,1-2H3,(H,28,29). The molecule has 5 rings (SSSR count). The Bertz CT molecular complexity index is 1170. The quantitative estimate of drug-likeness (QED) is 0.519. The molecule has 2 N–H and O–H groups in total. The third-order valence-electron chi connectivity index (χ3n) is 6.44. The van der Waals surface area contributed by atoms with Gasteiger partial charge in [-0.2, -0.15) is 0 Å². The van der Waals surface area contributed by atoms with Crippen LogP contribution < -0.4 is 5.32 Å². The first kappa shape index (κ1) is 19.2. The van der Waals surface area contributed by atoms with E-state index in [0.29, 0.717) is 5.92 Å². The number of nitrogens with one attached hydrogen (secondary N) is 2. The number of likely N-dealkylation sites (N-methyl/N-ethyl adjacent to an activating group) is 1. The van der Waals surface area contributed by atoms with Crippen molar-refractivity contribution in [2.24, 2.45) is 0 Å². The Morgan fingerprint density at radius 3 is 2.80 bits per heavy atom. The molecular formula is C25H29N5. The van der Waals surface area contributed by atoms with Gasteiger partial charge in [0, 0.05) is 30.2 Å². The number of hydrogen-bond donors (Lipinski definition) is 2. The first-order valence-corrected chi connectivity index (χ1v) is 10.9. The van der Waals surface area contributed by atoms with Gasteiger partial charge in [0.2, 0.25) is 0 Å². The lowest BCUT2D eigenvalue weighted by molar-refractivity contribution is 0.214. The number of hydrogen-bond acceptors (Lipinski definition) is 4. The van der Waals surface area contributed by atoms with Gasteiger partial charge in [-0.3, -0.25) is 4.98 Å². The Balaban J connectivity index is 1.45. The summed E-state index contributed by atoms with van der Waals surface area (Å²) in [7, 11) is 2.03. The van der Waals surface area contributed by atoms with E-state index in [-0.39, 0.29) is 0 Å². The van der Waals surface area contributed by atoms with Crippen molar-refractivity contribution in [1.29, 1.82) is 0 Å². The third-order valence-corrected chi connectivity index (χ3v) is 6.44. The van der Waals surface area contributed by atoms with Gasteiger partial charge in [-0.15, -0.1) is 0 Å². The van der Waals surface area contributed by atoms with Crippen molar-refractivity contribution in [3.63, 3.8) is 0 Å². The highest BCUT2D eigenvalue weighted by molar-refractivity contribution is 5.94. The normalized spacial score (nSPS) is 15.9. The number of likely N-dealkylation sites (tertiary alicyclic amines) is 1. The molecule has 4 aromatic rings. The second-order valence-corrected chi connectivity index (χ2v) is 8.41. The molecule has 0 radical (unpaired) electrons. The molecule has 1 saturated heterocycles. The molecular weight excluding hydrogens is 370 g/mol. The number of aromatic nitrogens is 3. The van der Waals surface area contributed by atoms with Crippen LogP contribution in [0.25, 0.3) is 33.3 Å². The summed E-state index contributed by atoms with van der Waals surface area (Å²) >= 11 is 0. The largest absolute Gasteiger partial charge is 0.338 e. The van der Waals surface area contributed by atoms with Crippen LogP contribution in [0, 0.1) is 6.92 Å². The van der Waals surface area contributed by atoms with Crippen LogP contribution in [0.5, 0.6) is 0 Å². The average Bonchev–Trinajstić information content (AvgIpc) is 3.22. The molecule has 2 aromatic carbocycles. The topological polar surface area (TPSA) is 56.8 Å². The van der Waals surface area contributed by atoms with Crippen LogP contribution in [0.15, 0.2) is 48.7 Å². The number of nitrogens with zero attached hydrogens (tertiary/aromatic N) is 3. The molecule has 1 aliphatic heterocycles. The second-order valence-electron chi connectivity index (χ2n) is 8.41. The predicted octanol–water partition coefficient (Wildman–Crippen LogP) is 4.49. The van der Waals surface area contributed by atoms with Crippen molar-refractivity contribution in [3.05, 3.63) is 59.8 Å². The summed E-state index contributed by atoms with van der Waals surface area (Å²) in [6.07, 6.45) is 4.32. The molecule has 154 valence electrons. The number of fused-ring (bicyclic) bond motifs is 2. The van der Waals surface area contributed by atoms with E-state index in [1.165, 1.54) is 37.1 Å². The highest BCUT2D eigenvalue weighted by Gasteiger charge is 2.21. The molecule has 0 unspecified atom stereocenters. The lowest BCUT2D eigenvalue weighted by Crippen LogP contribution is -2.37. The Labute approximate surface area is 177 Å². The van der Waals surface area contributed by atoms with E-state index in [0.717, 1.165) is 46.4 Å². The summed E-state index contributed by atoms with van der Waals surface area (Å²) in [4.78, 5) is 15.6. The van der Waals surface area contributed by atoms with E-state index >= 15 is 0 Å². The van der Waals surface area contributed by atoms with Crippen molar-refractivity contribution < 1.29 is 0 Å². The van der Waals surface area contributed by atoms with E-state index in [1.54, 1.807) is 0 Å². The third kappa shape index (κ3) is 3.59. The van der Waals surface area contributed by atoms with Gasteiger partial charge in [-0.1, -0.05) is 24.3 Å². The lowest BCUT2D eigenvalue weighted by atomic mass is 9.88. The minimum absolute atomic E-state index is 0.632. The maximum Gasteiger partial charge on any atom is 0.139 e. The van der Waals surface area contributed by atoms with Crippen LogP contribution >= 0.6 is 0 Å². The maximum atomic E-state index is 4.97. The van der Waals surface area contributed by atoms with Crippen LogP contribution in [-0.4, -0.2) is 53.1 Å². The van der Waals surface area contributed by atoms with Crippen molar-refractivity contribution in [2.45, 2.75) is 25.7 Å². The summed E-state index contributed by atoms with van der Waals surface area (Å²) in [6.45, 7) is 6.76. The molecule has 3 heterocycles. The molecule has 0 saturated carbocycles. The number of benzene rings is 2. The van der Waals surface area contributed by atoms with Gasteiger partial charge >= 0.3 is 0 Å². The molecule has 0 amide bonds. The summed E-state index contributed by atoms with van der Waals surface area (Å²) in [6, 6.07) is 15.0. The van der Waals surface area contributed by atoms with E-state index in [1.807, 2.05) is 25.4 Å². The van der Waals surface area contributed by atoms with Gasteiger partial charge in [0.25, 0.3) is 0 Å². The molecule has 0 atom stereocenters. The zero-order valence-corrected chi connectivity index (χ0v) is 17.8. The van der Waals surface area contributed by atoms with E-state index in [4.69, 9.17) is 4.98 Å². The van der Waals surface area contributed by atoms with E-state index in [9.17, 15) is 0 Å². The molecule has 30 heavy (non-hydrogen) atoms. The first-order chi connectivity index (χ1) is 14.7. The fourth-order valence-corrected chi connectivity index (χ4v) is 4.74. The van der Waals surface area contributed by atoms with Gasteiger partial charge in [-0.05, 0) is 75.1 Å². The molecule has 5 nitrogen and oxygen atoms in total. The molecule has 0 spiro atoms. The average molecular weight is 400 g/mol. The highest BCUT2D eigenvalue weighted by Crippen LogP contribution is 2.33. The van der Waals surface area contributed by atoms with Crippen LogP contribution in [0.2, 0.25) is 0 Å². The van der Waals surface area contributed by atoms with Crippen molar-refractivity contribution in [3.8, 4) is 11.4 Å².